The van der Waals surface area contributed by atoms with Crippen LogP contribution in [0.4, 0.5) is 20.2 Å². The van der Waals surface area contributed by atoms with Gasteiger partial charge in [0.15, 0.2) is 0 Å². The zero-order valence-corrected chi connectivity index (χ0v) is 10.9. The lowest BCUT2D eigenvalue weighted by Crippen LogP contribution is -2.54. The summed E-state index contributed by atoms with van der Waals surface area (Å²) < 4.78 is 31.9. The molecule has 0 aromatic heterocycles. The van der Waals surface area contributed by atoms with Crippen molar-refractivity contribution < 1.29 is 23.2 Å². The minimum atomic E-state index is -1.32. The summed E-state index contributed by atoms with van der Waals surface area (Å²) in [6.07, 6.45) is 0.480. The van der Waals surface area contributed by atoms with Gasteiger partial charge in [0.05, 0.1) is 10.6 Å². The summed E-state index contributed by atoms with van der Waals surface area (Å²) in [5.74, 6) is -3.11. The number of nitrogens with zero attached hydrogens (tertiary/aromatic N) is 1. The highest BCUT2D eigenvalue weighted by atomic mass is 19.1. The van der Waals surface area contributed by atoms with Gasteiger partial charge in [-0.3, -0.25) is 14.9 Å². The van der Waals surface area contributed by atoms with Crippen LogP contribution in [0.25, 0.3) is 0 Å². The van der Waals surface area contributed by atoms with Crippen molar-refractivity contribution in [2.45, 2.75) is 18.4 Å². The number of hydrogen-bond acceptors (Lipinski definition) is 5. The maximum Gasteiger partial charge on any atom is 0.307 e. The largest absolute Gasteiger partial charge is 0.381 e. The van der Waals surface area contributed by atoms with E-state index in [0.717, 1.165) is 0 Å². The molecule has 0 atom stereocenters. The zero-order valence-electron chi connectivity index (χ0n) is 10.9. The first-order chi connectivity index (χ1) is 9.83. The summed E-state index contributed by atoms with van der Waals surface area (Å²) in [7, 11) is 0. The van der Waals surface area contributed by atoms with E-state index in [1.165, 1.54) is 0 Å². The number of rotatable bonds is 3. The van der Waals surface area contributed by atoms with Crippen LogP contribution in [0.1, 0.15) is 12.8 Å². The zero-order chi connectivity index (χ0) is 15.6. The van der Waals surface area contributed by atoms with Gasteiger partial charge < -0.3 is 15.8 Å². The maximum absolute atomic E-state index is 13.6. The standard InChI is InChI=1S/C12H13F2N3O4/c13-7-5-8(14)10(17(19)20)6-9(7)16-11(18)12(15)1-3-21-4-2-12/h5-6H,1-4,15H2,(H,16,18). The van der Waals surface area contributed by atoms with Gasteiger partial charge in [-0.05, 0) is 12.8 Å². The molecule has 7 nitrogen and oxygen atoms in total. The van der Waals surface area contributed by atoms with Crippen LogP contribution < -0.4 is 11.1 Å². The average molecular weight is 301 g/mol. The Hall–Kier alpha value is -2.13. The molecule has 1 aliphatic heterocycles. The van der Waals surface area contributed by atoms with Crippen LogP contribution in [0.3, 0.4) is 0 Å². The van der Waals surface area contributed by atoms with E-state index < -0.39 is 39.4 Å². The van der Waals surface area contributed by atoms with Crippen molar-refractivity contribution in [2.24, 2.45) is 5.73 Å². The van der Waals surface area contributed by atoms with E-state index in [1.54, 1.807) is 0 Å². The van der Waals surface area contributed by atoms with Crippen molar-refractivity contribution in [3.05, 3.63) is 33.9 Å². The molecular weight excluding hydrogens is 288 g/mol. The molecule has 2 rings (SSSR count). The minimum absolute atomic E-state index is 0.240. The van der Waals surface area contributed by atoms with Crippen LogP contribution in [0, 0.1) is 21.7 Å². The fourth-order valence-electron chi connectivity index (χ4n) is 1.98. The quantitative estimate of drug-likeness (QED) is 0.646. The molecule has 0 unspecified atom stereocenters. The highest BCUT2D eigenvalue weighted by Crippen LogP contribution is 2.27. The van der Waals surface area contributed by atoms with Gasteiger partial charge in [-0.25, -0.2) is 4.39 Å². The van der Waals surface area contributed by atoms with Crippen LogP contribution in [-0.2, 0) is 9.53 Å². The molecular formula is C12H13F2N3O4. The Labute approximate surface area is 118 Å². The first-order valence-corrected chi connectivity index (χ1v) is 6.15. The molecule has 1 fully saturated rings. The smallest absolute Gasteiger partial charge is 0.307 e. The number of benzene rings is 1. The number of halogens is 2. The molecule has 0 radical (unpaired) electrons. The number of nitrogens with one attached hydrogen (secondary N) is 1. The van der Waals surface area contributed by atoms with Gasteiger partial charge in [-0.1, -0.05) is 0 Å². The van der Waals surface area contributed by atoms with Gasteiger partial charge in [0.2, 0.25) is 11.7 Å². The third-order valence-electron chi connectivity index (χ3n) is 3.32. The molecule has 1 aromatic carbocycles. The molecule has 1 heterocycles. The van der Waals surface area contributed by atoms with Gasteiger partial charge in [-0.2, -0.15) is 4.39 Å². The van der Waals surface area contributed by atoms with E-state index in [0.29, 0.717) is 12.1 Å². The number of nitro benzene ring substituents is 1. The molecule has 0 saturated carbocycles. The number of amides is 1. The lowest BCUT2D eigenvalue weighted by Gasteiger charge is -2.31. The fourth-order valence-corrected chi connectivity index (χ4v) is 1.98. The summed E-state index contributed by atoms with van der Waals surface area (Å²) in [6, 6.07) is 0.978. The predicted octanol–water partition coefficient (Wildman–Crippen LogP) is 1.32. The Morgan fingerprint density at radius 3 is 2.52 bits per heavy atom. The second-order valence-corrected chi connectivity index (χ2v) is 4.76. The maximum atomic E-state index is 13.6. The van der Waals surface area contributed by atoms with E-state index in [1.807, 2.05) is 0 Å². The van der Waals surface area contributed by atoms with E-state index in [-0.39, 0.29) is 26.1 Å². The Balaban J connectivity index is 2.24. The summed E-state index contributed by atoms with van der Waals surface area (Å²) in [5, 5.41) is 12.8. The van der Waals surface area contributed by atoms with E-state index in [2.05, 4.69) is 5.32 Å². The Morgan fingerprint density at radius 1 is 1.33 bits per heavy atom. The number of nitro groups is 1. The summed E-state index contributed by atoms with van der Waals surface area (Å²) in [6.45, 7) is 0.575. The number of nitrogens with two attached hydrogens (primary N) is 1. The van der Waals surface area contributed by atoms with Crippen LogP contribution >= 0.6 is 0 Å². The highest BCUT2D eigenvalue weighted by molar-refractivity contribution is 5.98. The molecule has 114 valence electrons. The van der Waals surface area contributed by atoms with E-state index in [9.17, 15) is 23.7 Å². The van der Waals surface area contributed by atoms with E-state index in [4.69, 9.17) is 10.5 Å². The summed E-state index contributed by atoms with van der Waals surface area (Å²) in [5.41, 5.74) is 3.26. The van der Waals surface area contributed by atoms with Crippen molar-refractivity contribution in [2.75, 3.05) is 18.5 Å². The molecule has 1 aromatic rings. The topological polar surface area (TPSA) is 107 Å². The monoisotopic (exact) mass is 301 g/mol. The van der Waals surface area contributed by atoms with Crippen molar-refractivity contribution in [3.63, 3.8) is 0 Å². The Kier molecular flexibility index (Phi) is 4.14. The second kappa shape index (κ2) is 5.70. The van der Waals surface area contributed by atoms with Gasteiger partial charge in [0, 0.05) is 25.3 Å². The molecule has 21 heavy (non-hydrogen) atoms. The molecule has 9 heteroatoms. The van der Waals surface area contributed by atoms with Crippen LogP contribution in [0.2, 0.25) is 0 Å². The summed E-state index contributed by atoms with van der Waals surface area (Å²) in [4.78, 5) is 21.7. The number of ether oxygens (including phenoxy) is 1. The first-order valence-electron chi connectivity index (χ1n) is 6.15. The lowest BCUT2D eigenvalue weighted by atomic mass is 9.90. The normalized spacial score (nSPS) is 17.3. The molecule has 1 aliphatic rings. The first kappa shape index (κ1) is 15.3. The van der Waals surface area contributed by atoms with Crippen molar-refractivity contribution >= 4 is 17.3 Å². The van der Waals surface area contributed by atoms with Gasteiger partial charge >= 0.3 is 5.69 Å². The third-order valence-corrected chi connectivity index (χ3v) is 3.32. The van der Waals surface area contributed by atoms with Crippen LogP contribution in [-0.4, -0.2) is 29.6 Å². The molecule has 0 aliphatic carbocycles. The van der Waals surface area contributed by atoms with E-state index >= 15 is 0 Å². The van der Waals surface area contributed by atoms with Crippen molar-refractivity contribution in [3.8, 4) is 0 Å². The van der Waals surface area contributed by atoms with Crippen LogP contribution in [0.15, 0.2) is 12.1 Å². The number of anilines is 1. The number of hydrogen-bond donors (Lipinski definition) is 2. The van der Waals surface area contributed by atoms with Gasteiger partial charge in [0.25, 0.3) is 0 Å². The van der Waals surface area contributed by atoms with Crippen molar-refractivity contribution in [1.29, 1.82) is 0 Å². The minimum Gasteiger partial charge on any atom is -0.381 e. The molecule has 0 bridgehead atoms. The van der Waals surface area contributed by atoms with Gasteiger partial charge in [0.1, 0.15) is 11.4 Å². The lowest BCUT2D eigenvalue weighted by molar-refractivity contribution is -0.387. The summed E-state index contributed by atoms with van der Waals surface area (Å²) >= 11 is 0. The SMILES string of the molecule is NC1(C(=O)Nc2cc([N+](=O)[O-])c(F)cc2F)CCOCC1. The molecule has 3 N–H and O–H groups in total. The van der Waals surface area contributed by atoms with Crippen LogP contribution in [0.5, 0.6) is 0 Å². The average Bonchev–Trinajstić information content (AvgIpc) is 2.42. The highest BCUT2D eigenvalue weighted by Gasteiger charge is 2.36. The molecule has 0 spiro atoms. The number of carbonyl (C=O) groups excluding carboxylic acids is 1. The third kappa shape index (κ3) is 3.14. The Morgan fingerprint density at radius 2 is 1.95 bits per heavy atom. The van der Waals surface area contributed by atoms with Crippen molar-refractivity contribution in [1.82, 2.24) is 0 Å². The fraction of sp³-hybridized carbons (Fsp3) is 0.417. The Bertz CT molecular complexity index is 588. The molecule has 1 saturated heterocycles. The van der Waals surface area contributed by atoms with Gasteiger partial charge in [-0.15, -0.1) is 0 Å². The molecule has 1 amide bonds. The predicted molar refractivity (Wildman–Crippen MR) is 68.6 cm³/mol. The number of carbonyl (C=O) groups is 1. The second-order valence-electron chi connectivity index (χ2n) is 4.76.